The number of amides is 1. The van der Waals surface area contributed by atoms with Crippen LogP contribution in [0, 0.1) is 0 Å². The Labute approximate surface area is 232 Å². The highest BCUT2D eigenvalue weighted by atomic mass is 16.6. The number of aliphatic hydroxyl groups excluding tert-OH is 1. The van der Waals surface area contributed by atoms with Crippen LogP contribution in [0.5, 0.6) is 0 Å². The standard InChI is InChI=1S/C34H39NO4/c1-33(2,3)39-32(37)35-23-13-20-30(35)31(36)25-21-22-29(24-25)38-34(26-14-7-4-8-15-26,27-16-9-5-10-17-27)28-18-11-6-12-19-28/h4-12,14-19,21,29-31,36H,13,20,22-24H2,1-3H3/t29-,30+,31-/m1/s1. The van der Waals surface area contributed by atoms with Crippen molar-refractivity contribution in [3.05, 3.63) is 119 Å². The summed E-state index contributed by atoms with van der Waals surface area (Å²) < 4.78 is 12.8. The molecule has 3 atom stereocenters. The van der Waals surface area contributed by atoms with Gasteiger partial charge in [-0.2, -0.15) is 0 Å². The van der Waals surface area contributed by atoms with Crippen molar-refractivity contribution in [1.29, 1.82) is 0 Å². The van der Waals surface area contributed by atoms with Gasteiger partial charge in [0.05, 0.1) is 18.2 Å². The number of likely N-dealkylation sites (tertiary alicyclic amines) is 1. The van der Waals surface area contributed by atoms with Crippen molar-refractivity contribution >= 4 is 6.09 Å². The number of hydrogen-bond donors (Lipinski definition) is 1. The van der Waals surface area contributed by atoms with Gasteiger partial charge < -0.3 is 19.5 Å². The smallest absolute Gasteiger partial charge is 0.410 e. The average molecular weight is 526 g/mol. The van der Waals surface area contributed by atoms with E-state index in [2.05, 4.69) is 42.5 Å². The molecule has 39 heavy (non-hydrogen) atoms. The van der Waals surface area contributed by atoms with Gasteiger partial charge in [-0.25, -0.2) is 4.79 Å². The SMILES string of the molecule is CC(C)(C)OC(=O)N1CCC[C@H]1[C@H](O)C1=CC[C@@H](OC(c2ccccc2)(c2ccccc2)c2ccccc2)C1. The molecule has 1 heterocycles. The minimum atomic E-state index is -0.807. The number of nitrogens with zero attached hydrogens (tertiary/aromatic N) is 1. The van der Waals surface area contributed by atoms with Crippen LogP contribution in [0.25, 0.3) is 0 Å². The van der Waals surface area contributed by atoms with Crippen molar-refractivity contribution in [2.45, 2.75) is 75.9 Å². The third kappa shape index (κ3) is 5.80. The summed E-state index contributed by atoms with van der Waals surface area (Å²) in [5.41, 5.74) is 2.73. The van der Waals surface area contributed by atoms with Crippen molar-refractivity contribution in [1.82, 2.24) is 4.90 Å². The second kappa shape index (κ2) is 11.4. The summed E-state index contributed by atoms with van der Waals surface area (Å²) in [6.07, 6.45) is 3.78. The summed E-state index contributed by atoms with van der Waals surface area (Å²) in [5, 5.41) is 11.5. The lowest BCUT2D eigenvalue weighted by Crippen LogP contribution is -2.45. The van der Waals surface area contributed by atoms with Crippen LogP contribution in [-0.4, -0.2) is 46.5 Å². The molecule has 5 heteroatoms. The van der Waals surface area contributed by atoms with Gasteiger partial charge in [0.15, 0.2) is 0 Å². The fraction of sp³-hybridized carbons (Fsp3) is 0.382. The summed E-state index contributed by atoms with van der Waals surface area (Å²) in [6.45, 7) is 6.20. The molecule has 3 aromatic carbocycles. The Balaban J connectivity index is 1.41. The molecule has 0 spiro atoms. The molecule has 204 valence electrons. The Morgan fingerprint density at radius 2 is 1.38 bits per heavy atom. The quantitative estimate of drug-likeness (QED) is 0.271. The van der Waals surface area contributed by atoms with Gasteiger partial charge in [-0.05, 0) is 68.7 Å². The van der Waals surface area contributed by atoms with Crippen LogP contribution in [0.15, 0.2) is 103 Å². The maximum atomic E-state index is 12.9. The summed E-state index contributed by atoms with van der Waals surface area (Å²) >= 11 is 0. The molecule has 1 N–H and O–H groups in total. The molecule has 0 radical (unpaired) electrons. The van der Waals surface area contributed by atoms with E-state index in [1.54, 1.807) is 4.90 Å². The van der Waals surface area contributed by atoms with Gasteiger partial charge in [-0.1, -0.05) is 97.1 Å². The number of carbonyl (C=O) groups excluding carboxylic acids is 1. The molecule has 5 nitrogen and oxygen atoms in total. The molecule has 5 rings (SSSR count). The van der Waals surface area contributed by atoms with Gasteiger partial charge in [-0.3, -0.25) is 0 Å². The van der Waals surface area contributed by atoms with Gasteiger partial charge in [0.25, 0.3) is 0 Å². The average Bonchev–Trinajstić information content (AvgIpc) is 3.62. The Morgan fingerprint density at radius 1 is 0.872 bits per heavy atom. The molecule has 1 fully saturated rings. The first-order valence-electron chi connectivity index (χ1n) is 14.0. The maximum absolute atomic E-state index is 12.9. The van der Waals surface area contributed by atoms with E-state index in [-0.39, 0.29) is 18.2 Å². The highest BCUT2D eigenvalue weighted by Gasteiger charge is 2.43. The molecule has 2 aliphatic rings. The Morgan fingerprint density at radius 3 is 1.87 bits per heavy atom. The topological polar surface area (TPSA) is 59.0 Å². The first-order chi connectivity index (χ1) is 18.8. The molecule has 0 aromatic heterocycles. The van der Waals surface area contributed by atoms with Crippen molar-refractivity contribution in [3.8, 4) is 0 Å². The van der Waals surface area contributed by atoms with Crippen LogP contribution < -0.4 is 0 Å². The van der Waals surface area contributed by atoms with E-state index in [4.69, 9.17) is 9.47 Å². The molecular weight excluding hydrogens is 486 g/mol. The highest BCUT2D eigenvalue weighted by Crippen LogP contribution is 2.44. The molecule has 1 amide bonds. The normalized spacial score (nSPS) is 20.5. The first kappa shape index (κ1) is 27.2. The van der Waals surface area contributed by atoms with Crippen molar-refractivity contribution in [3.63, 3.8) is 0 Å². The van der Waals surface area contributed by atoms with Crippen LogP contribution in [0.4, 0.5) is 4.79 Å². The zero-order valence-corrected chi connectivity index (χ0v) is 23.1. The van der Waals surface area contributed by atoms with E-state index in [0.717, 1.165) is 35.1 Å². The second-order valence-electron chi connectivity index (χ2n) is 11.6. The van der Waals surface area contributed by atoms with Crippen molar-refractivity contribution in [2.75, 3.05) is 6.54 Å². The second-order valence-corrected chi connectivity index (χ2v) is 11.6. The highest BCUT2D eigenvalue weighted by molar-refractivity contribution is 5.69. The lowest BCUT2D eigenvalue weighted by atomic mass is 9.79. The molecular formula is C34H39NO4. The van der Waals surface area contributed by atoms with E-state index in [9.17, 15) is 9.90 Å². The Bertz CT molecular complexity index is 1170. The summed E-state index contributed by atoms with van der Waals surface area (Å²) in [6, 6.07) is 30.8. The van der Waals surface area contributed by atoms with Crippen LogP contribution in [0.2, 0.25) is 0 Å². The zero-order chi connectivity index (χ0) is 27.5. The van der Waals surface area contributed by atoms with E-state index in [0.29, 0.717) is 19.4 Å². The molecule has 0 saturated carbocycles. The third-order valence-corrected chi connectivity index (χ3v) is 7.66. The van der Waals surface area contributed by atoms with E-state index in [1.165, 1.54) is 0 Å². The number of benzene rings is 3. The molecule has 1 saturated heterocycles. The summed E-state index contributed by atoms with van der Waals surface area (Å²) in [5.74, 6) is 0. The van der Waals surface area contributed by atoms with Gasteiger partial charge in [0, 0.05) is 6.54 Å². The lowest BCUT2D eigenvalue weighted by molar-refractivity contribution is -0.0434. The fourth-order valence-corrected chi connectivity index (χ4v) is 5.93. The van der Waals surface area contributed by atoms with Gasteiger partial charge >= 0.3 is 6.09 Å². The minimum absolute atomic E-state index is 0.133. The van der Waals surface area contributed by atoms with Gasteiger partial charge in [-0.15, -0.1) is 0 Å². The lowest BCUT2D eigenvalue weighted by Gasteiger charge is -2.38. The fourth-order valence-electron chi connectivity index (χ4n) is 5.93. The number of rotatable bonds is 7. The summed E-state index contributed by atoms with van der Waals surface area (Å²) in [4.78, 5) is 14.6. The molecule has 1 aliphatic carbocycles. The van der Waals surface area contributed by atoms with Crippen LogP contribution in [-0.2, 0) is 15.1 Å². The molecule has 3 aromatic rings. The molecule has 0 unspecified atom stereocenters. The minimum Gasteiger partial charge on any atom is -0.444 e. The van der Waals surface area contributed by atoms with Crippen LogP contribution in [0.1, 0.15) is 63.1 Å². The van der Waals surface area contributed by atoms with Gasteiger partial charge in [0.1, 0.15) is 11.2 Å². The van der Waals surface area contributed by atoms with E-state index in [1.807, 2.05) is 75.4 Å². The first-order valence-corrected chi connectivity index (χ1v) is 14.0. The van der Waals surface area contributed by atoms with Crippen molar-refractivity contribution in [2.24, 2.45) is 0 Å². The number of aliphatic hydroxyl groups is 1. The maximum Gasteiger partial charge on any atom is 0.410 e. The largest absolute Gasteiger partial charge is 0.444 e. The third-order valence-electron chi connectivity index (χ3n) is 7.66. The molecule has 0 bridgehead atoms. The van der Waals surface area contributed by atoms with E-state index < -0.39 is 17.3 Å². The van der Waals surface area contributed by atoms with E-state index >= 15 is 0 Å². The Kier molecular flexibility index (Phi) is 7.92. The monoisotopic (exact) mass is 525 g/mol. The number of hydrogen-bond acceptors (Lipinski definition) is 4. The van der Waals surface area contributed by atoms with Crippen LogP contribution >= 0.6 is 0 Å². The predicted molar refractivity (Wildman–Crippen MR) is 153 cm³/mol. The summed E-state index contributed by atoms with van der Waals surface area (Å²) in [7, 11) is 0. The van der Waals surface area contributed by atoms with Gasteiger partial charge in [0.2, 0.25) is 0 Å². The number of ether oxygens (including phenoxy) is 2. The number of carbonyl (C=O) groups is 1. The zero-order valence-electron chi connectivity index (χ0n) is 23.1. The Hall–Kier alpha value is -3.41. The molecule has 1 aliphatic heterocycles. The van der Waals surface area contributed by atoms with Crippen molar-refractivity contribution < 1.29 is 19.4 Å². The van der Waals surface area contributed by atoms with Crippen LogP contribution in [0.3, 0.4) is 0 Å². The predicted octanol–water partition coefficient (Wildman–Crippen LogP) is 6.84.